The first kappa shape index (κ1) is 14.0. The van der Waals surface area contributed by atoms with E-state index in [2.05, 4.69) is 10.2 Å². The lowest BCUT2D eigenvalue weighted by Crippen LogP contribution is -2.47. The third-order valence-corrected chi connectivity index (χ3v) is 3.90. The SMILES string of the molecule is CC(C(=O)Nc1ccccc1)N(C)CC1CC(N)C1. The largest absolute Gasteiger partial charge is 0.328 e. The molecule has 0 radical (unpaired) electrons. The van der Waals surface area contributed by atoms with Gasteiger partial charge in [-0.15, -0.1) is 0 Å². The number of rotatable bonds is 5. The van der Waals surface area contributed by atoms with Gasteiger partial charge in [0.05, 0.1) is 6.04 Å². The summed E-state index contributed by atoms with van der Waals surface area (Å²) in [4.78, 5) is 14.2. The number of carbonyl (C=O) groups is 1. The molecule has 1 aromatic rings. The van der Waals surface area contributed by atoms with Crippen LogP contribution >= 0.6 is 0 Å². The van der Waals surface area contributed by atoms with Crippen molar-refractivity contribution >= 4 is 11.6 Å². The maximum atomic E-state index is 12.1. The molecule has 0 heterocycles. The molecule has 1 amide bonds. The summed E-state index contributed by atoms with van der Waals surface area (Å²) in [6.07, 6.45) is 2.16. The van der Waals surface area contributed by atoms with Gasteiger partial charge in [0.1, 0.15) is 0 Å². The van der Waals surface area contributed by atoms with Crippen LogP contribution < -0.4 is 11.1 Å². The molecule has 1 unspecified atom stereocenters. The van der Waals surface area contributed by atoms with E-state index >= 15 is 0 Å². The number of likely N-dealkylation sites (N-methyl/N-ethyl adjacent to an activating group) is 1. The molecule has 0 aromatic heterocycles. The van der Waals surface area contributed by atoms with Crippen LogP contribution in [0, 0.1) is 5.92 Å². The highest BCUT2D eigenvalue weighted by molar-refractivity contribution is 5.94. The number of carbonyl (C=O) groups excluding carboxylic acids is 1. The average molecular weight is 261 g/mol. The van der Waals surface area contributed by atoms with Crippen LogP contribution in [-0.2, 0) is 4.79 Å². The smallest absolute Gasteiger partial charge is 0.241 e. The van der Waals surface area contributed by atoms with Crippen molar-refractivity contribution in [1.29, 1.82) is 0 Å². The Bertz CT molecular complexity index is 415. The van der Waals surface area contributed by atoms with Gasteiger partial charge in [-0.1, -0.05) is 18.2 Å². The molecule has 1 atom stereocenters. The molecule has 0 aliphatic heterocycles. The minimum absolute atomic E-state index is 0.0392. The molecule has 4 heteroatoms. The van der Waals surface area contributed by atoms with Gasteiger partial charge in [0.2, 0.25) is 5.91 Å². The van der Waals surface area contributed by atoms with Gasteiger partial charge >= 0.3 is 0 Å². The monoisotopic (exact) mass is 261 g/mol. The molecular formula is C15H23N3O. The molecule has 104 valence electrons. The van der Waals surface area contributed by atoms with Gasteiger partial charge in [-0.25, -0.2) is 0 Å². The average Bonchev–Trinajstić information content (AvgIpc) is 2.37. The predicted molar refractivity (Wildman–Crippen MR) is 77.9 cm³/mol. The lowest BCUT2D eigenvalue weighted by Gasteiger charge is -2.36. The number of nitrogens with two attached hydrogens (primary N) is 1. The highest BCUT2D eigenvalue weighted by atomic mass is 16.2. The summed E-state index contributed by atoms with van der Waals surface area (Å²) in [6, 6.07) is 9.80. The van der Waals surface area contributed by atoms with Gasteiger partial charge in [0.25, 0.3) is 0 Å². The van der Waals surface area contributed by atoms with E-state index in [1.165, 1.54) is 0 Å². The molecule has 0 bridgehead atoms. The van der Waals surface area contributed by atoms with Crippen LogP contribution in [0.4, 0.5) is 5.69 Å². The second-order valence-electron chi connectivity index (χ2n) is 5.57. The maximum Gasteiger partial charge on any atom is 0.241 e. The van der Waals surface area contributed by atoms with E-state index in [0.717, 1.165) is 25.1 Å². The van der Waals surface area contributed by atoms with Gasteiger partial charge in [0.15, 0.2) is 0 Å². The van der Waals surface area contributed by atoms with Crippen molar-refractivity contribution in [2.45, 2.75) is 31.8 Å². The molecule has 4 nitrogen and oxygen atoms in total. The van der Waals surface area contributed by atoms with Crippen LogP contribution in [0.3, 0.4) is 0 Å². The van der Waals surface area contributed by atoms with E-state index in [9.17, 15) is 4.79 Å². The summed E-state index contributed by atoms with van der Waals surface area (Å²) < 4.78 is 0. The molecule has 2 rings (SSSR count). The van der Waals surface area contributed by atoms with Crippen LogP contribution in [-0.4, -0.2) is 36.5 Å². The first-order chi connectivity index (χ1) is 9.06. The fraction of sp³-hybridized carbons (Fsp3) is 0.533. The predicted octanol–water partition coefficient (Wildman–Crippen LogP) is 1.68. The van der Waals surface area contributed by atoms with E-state index in [1.807, 2.05) is 44.3 Å². The van der Waals surface area contributed by atoms with Crippen LogP contribution in [0.15, 0.2) is 30.3 Å². The number of amides is 1. The Morgan fingerprint density at radius 3 is 2.63 bits per heavy atom. The van der Waals surface area contributed by atoms with Crippen molar-refractivity contribution in [2.24, 2.45) is 11.7 Å². The van der Waals surface area contributed by atoms with Crippen LogP contribution in [0.1, 0.15) is 19.8 Å². The Kier molecular flexibility index (Phi) is 4.56. The molecule has 1 fully saturated rings. The Labute approximate surface area is 115 Å². The number of hydrogen-bond acceptors (Lipinski definition) is 3. The molecular weight excluding hydrogens is 238 g/mol. The van der Waals surface area contributed by atoms with Gasteiger partial charge < -0.3 is 11.1 Å². The van der Waals surface area contributed by atoms with Crippen molar-refractivity contribution < 1.29 is 4.79 Å². The van der Waals surface area contributed by atoms with E-state index in [4.69, 9.17) is 5.73 Å². The lowest BCUT2D eigenvalue weighted by molar-refractivity contribution is -0.120. The molecule has 1 saturated carbocycles. The maximum absolute atomic E-state index is 12.1. The van der Waals surface area contributed by atoms with Crippen molar-refractivity contribution in [3.8, 4) is 0 Å². The van der Waals surface area contributed by atoms with E-state index in [0.29, 0.717) is 12.0 Å². The molecule has 0 spiro atoms. The summed E-state index contributed by atoms with van der Waals surface area (Å²) in [7, 11) is 2.00. The molecule has 3 N–H and O–H groups in total. The number of benzene rings is 1. The Hall–Kier alpha value is -1.39. The van der Waals surface area contributed by atoms with Gasteiger partial charge in [-0.05, 0) is 44.9 Å². The molecule has 1 aromatic carbocycles. The standard InChI is InChI=1S/C15H23N3O/c1-11(18(2)10-12-8-13(16)9-12)15(19)17-14-6-4-3-5-7-14/h3-7,11-13H,8-10,16H2,1-2H3,(H,17,19). The Morgan fingerprint density at radius 2 is 2.05 bits per heavy atom. The second-order valence-corrected chi connectivity index (χ2v) is 5.57. The fourth-order valence-corrected chi connectivity index (χ4v) is 2.47. The lowest BCUT2D eigenvalue weighted by atomic mass is 9.80. The summed E-state index contributed by atoms with van der Waals surface area (Å²) >= 11 is 0. The zero-order chi connectivity index (χ0) is 13.8. The molecule has 0 saturated heterocycles. The van der Waals surface area contributed by atoms with Gasteiger partial charge in [-0.2, -0.15) is 0 Å². The minimum Gasteiger partial charge on any atom is -0.328 e. The molecule has 1 aliphatic carbocycles. The number of nitrogens with zero attached hydrogens (tertiary/aromatic N) is 1. The Morgan fingerprint density at radius 1 is 1.42 bits per heavy atom. The second kappa shape index (κ2) is 6.17. The van der Waals surface area contributed by atoms with Crippen molar-refractivity contribution in [3.05, 3.63) is 30.3 Å². The third kappa shape index (κ3) is 3.78. The first-order valence-electron chi connectivity index (χ1n) is 6.88. The topological polar surface area (TPSA) is 58.4 Å². The first-order valence-corrected chi connectivity index (χ1v) is 6.88. The quantitative estimate of drug-likeness (QED) is 0.848. The van der Waals surface area contributed by atoms with Crippen LogP contribution in [0.2, 0.25) is 0 Å². The van der Waals surface area contributed by atoms with E-state index in [1.54, 1.807) is 0 Å². The van der Waals surface area contributed by atoms with Crippen molar-refractivity contribution in [3.63, 3.8) is 0 Å². The van der Waals surface area contributed by atoms with Crippen molar-refractivity contribution in [1.82, 2.24) is 4.90 Å². The highest BCUT2D eigenvalue weighted by Gasteiger charge is 2.29. The molecule has 19 heavy (non-hydrogen) atoms. The van der Waals surface area contributed by atoms with Crippen molar-refractivity contribution in [2.75, 3.05) is 18.9 Å². The van der Waals surface area contributed by atoms with Crippen LogP contribution in [0.25, 0.3) is 0 Å². The van der Waals surface area contributed by atoms with E-state index < -0.39 is 0 Å². The zero-order valence-corrected chi connectivity index (χ0v) is 11.7. The van der Waals surface area contributed by atoms with Gasteiger partial charge in [-0.3, -0.25) is 9.69 Å². The van der Waals surface area contributed by atoms with Crippen LogP contribution in [0.5, 0.6) is 0 Å². The summed E-state index contributed by atoms with van der Waals surface area (Å²) in [5.74, 6) is 0.685. The number of hydrogen-bond donors (Lipinski definition) is 2. The third-order valence-electron chi connectivity index (χ3n) is 3.90. The summed E-state index contributed by atoms with van der Waals surface area (Å²) in [5.41, 5.74) is 6.63. The summed E-state index contributed by atoms with van der Waals surface area (Å²) in [6.45, 7) is 2.88. The van der Waals surface area contributed by atoms with E-state index in [-0.39, 0.29) is 11.9 Å². The minimum atomic E-state index is -0.128. The molecule has 1 aliphatic rings. The number of para-hydroxylation sites is 1. The normalized spacial score (nSPS) is 23.8. The highest BCUT2D eigenvalue weighted by Crippen LogP contribution is 2.26. The number of anilines is 1. The number of nitrogens with one attached hydrogen (secondary N) is 1. The summed E-state index contributed by atoms with van der Waals surface area (Å²) in [5, 5.41) is 2.94. The Balaban J connectivity index is 1.81. The zero-order valence-electron chi connectivity index (χ0n) is 11.7. The fourth-order valence-electron chi connectivity index (χ4n) is 2.47. The van der Waals surface area contributed by atoms with Gasteiger partial charge in [0, 0.05) is 18.3 Å².